The molecular formula is C6Cl2F8O2. The standard InChI is InChI=1S/C6Cl2F8O2/c7-1(17)3(9,6(14,15)16)5(12,13)4(10,11)2(8)18. The molecule has 0 spiro atoms. The van der Waals surface area contributed by atoms with Gasteiger partial charge in [0.05, 0.1) is 0 Å². The molecule has 0 radical (unpaired) electrons. The summed E-state index contributed by atoms with van der Waals surface area (Å²) in [5, 5.41) is -6.74. The molecule has 0 aliphatic carbocycles. The van der Waals surface area contributed by atoms with E-state index in [4.69, 9.17) is 0 Å². The molecule has 0 fully saturated rings. The van der Waals surface area contributed by atoms with Gasteiger partial charge in [-0.2, -0.15) is 30.7 Å². The Morgan fingerprint density at radius 1 is 0.722 bits per heavy atom. The summed E-state index contributed by atoms with van der Waals surface area (Å²) in [6.45, 7) is 0. The van der Waals surface area contributed by atoms with Crippen LogP contribution in [0.25, 0.3) is 0 Å². The molecule has 0 saturated heterocycles. The van der Waals surface area contributed by atoms with E-state index in [0.717, 1.165) is 0 Å². The van der Waals surface area contributed by atoms with Crippen LogP contribution in [-0.4, -0.2) is 34.2 Å². The molecule has 12 heteroatoms. The smallest absolute Gasteiger partial charge is 0.277 e. The predicted molar refractivity (Wildman–Crippen MR) is 41.5 cm³/mol. The second-order valence-corrected chi connectivity index (χ2v) is 3.54. The Labute approximate surface area is 103 Å². The molecule has 0 aromatic carbocycles. The predicted octanol–water partition coefficient (Wildman–Crippen LogP) is 3.06. The van der Waals surface area contributed by atoms with Crippen molar-refractivity contribution >= 4 is 33.7 Å². The summed E-state index contributed by atoms with van der Waals surface area (Å²) in [7, 11) is 0. The van der Waals surface area contributed by atoms with Crippen LogP contribution in [0.4, 0.5) is 35.1 Å². The maximum Gasteiger partial charge on any atom is 0.437 e. The number of hydrogen-bond acceptors (Lipinski definition) is 2. The van der Waals surface area contributed by atoms with Gasteiger partial charge >= 0.3 is 23.7 Å². The number of halogens is 10. The van der Waals surface area contributed by atoms with E-state index in [2.05, 4.69) is 23.2 Å². The van der Waals surface area contributed by atoms with Crippen LogP contribution < -0.4 is 0 Å². The lowest BCUT2D eigenvalue weighted by molar-refractivity contribution is -0.326. The van der Waals surface area contributed by atoms with Gasteiger partial charge in [0.25, 0.3) is 10.5 Å². The van der Waals surface area contributed by atoms with Crippen molar-refractivity contribution in [2.45, 2.75) is 23.7 Å². The first-order chi connectivity index (χ1) is 7.64. The lowest BCUT2D eigenvalue weighted by Gasteiger charge is -2.34. The highest BCUT2D eigenvalue weighted by molar-refractivity contribution is 6.66. The van der Waals surface area contributed by atoms with Gasteiger partial charge in [-0.25, -0.2) is 4.39 Å². The lowest BCUT2D eigenvalue weighted by Crippen LogP contribution is -2.67. The molecule has 0 heterocycles. The number of rotatable bonds is 4. The van der Waals surface area contributed by atoms with Crippen LogP contribution in [0.2, 0.25) is 0 Å². The molecule has 2 nitrogen and oxygen atoms in total. The molecule has 106 valence electrons. The van der Waals surface area contributed by atoms with Gasteiger partial charge in [0.1, 0.15) is 0 Å². The molecule has 0 rings (SSSR count). The van der Waals surface area contributed by atoms with E-state index in [-0.39, 0.29) is 0 Å². The van der Waals surface area contributed by atoms with Gasteiger partial charge in [-0.1, -0.05) is 0 Å². The molecule has 0 N–H and O–H groups in total. The number of carbonyl (C=O) groups excluding carboxylic acids is 2. The van der Waals surface area contributed by atoms with Crippen LogP contribution in [0.15, 0.2) is 0 Å². The second-order valence-electron chi connectivity index (χ2n) is 2.85. The number of alkyl halides is 8. The SMILES string of the molecule is O=C(Cl)C(F)(F)C(F)(F)C(F)(C(=O)Cl)C(F)(F)F. The van der Waals surface area contributed by atoms with Crippen molar-refractivity contribution in [2.24, 2.45) is 0 Å². The van der Waals surface area contributed by atoms with E-state index >= 15 is 0 Å². The zero-order valence-corrected chi connectivity index (χ0v) is 9.11. The first-order valence-corrected chi connectivity index (χ1v) is 4.30. The molecule has 0 saturated carbocycles. The summed E-state index contributed by atoms with van der Waals surface area (Å²) in [5.41, 5.74) is -6.46. The molecule has 1 atom stereocenters. The van der Waals surface area contributed by atoms with Crippen LogP contribution >= 0.6 is 23.2 Å². The first-order valence-electron chi connectivity index (χ1n) is 3.55. The van der Waals surface area contributed by atoms with E-state index in [1.54, 1.807) is 0 Å². The minimum absolute atomic E-state index is 3.28. The van der Waals surface area contributed by atoms with Gasteiger partial charge in [0.15, 0.2) is 0 Å². The van der Waals surface area contributed by atoms with Crippen LogP contribution in [0.5, 0.6) is 0 Å². The summed E-state index contributed by atoms with van der Waals surface area (Å²) in [4.78, 5) is 20.1. The summed E-state index contributed by atoms with van der Waals surface area (Å²) >= 11 is 7.92. The Morgan fingerprint density at radius 2 is 1.06 bits per heavy atom. The largest absolute Gasteiger partial charge is 0.437 e. The molecule has 0 amide bonds. The fraction of sp³-hybridized carbons (Fsp3) is 0.667. The van der Waals surface area contributed by atoms with Gasteiger partial charge in [-0.05, 0) is 23.2 Å². The highest BCUT2D eigenvalue weighted by atomic mass is 35.5. The molecule has 0 aliphatic heterocycles. The maximum absolute atomic E-state index is 13.0. The Hall–Kier alpha value is -0.640. The summed E-state index contributed by atoms with van der Waals surface area (Å²) in [5.74, 6) is -13.1. The Kier molecular flexibility index (Phi) is 4.32. The minimum Gasteiger partial charge on any atom is -0.277 e. The van der Waals surface area contributed by atoms with E-state index in [9.17, 15) is 44.7 Å². The molecule has 1 unspecified atom stereocenters. The zero-order valence-electron chi connectivity index (χ0n) is 7.60. The summed E-state index contributed by atoms with van der Waals surface area (Å²) in [6, 6.07) is 0. The molecular weight excluding hydrogens is 327 g/mol. The molecule has 0 aliphatic rings. The van der Waals surface area contributed by atoms with Gasteiger partial charge in [0.2, 0.25) is 0 Å². The monoisotopic (exact) mass is 326 g/mol. The third-order valence-corrected chi connectivity index (χ3v) is 2.23. The van der Waals surface area contributed by atoms with Crippen LogP contribution in [0.1, 0.15) is 0 Å². The minimum atomic E-state index is -6.81. The summed E-state index contributed by atoms with van der Waals surface area (Å²) in [6.07, 6.45) is -6.79. The number of hydrogen-bond donors (Lipinski definition) is 0. The second kappa shape index (κ2) is 4.48. The third-order valence-electron chi connectivity index (χ3n) is 1.74. The van der Waals surface area contributed by atoms with E-state index in [0.29, 0.717) is 0 Å². The highest BCUT2D eigenvalue weighted by Crippen LogP contribution is 2.53. The van der Waals surface area contributed by atoms with Crippen molar-refractivity contribution in [2.75, 3.05) is 0 Å². The highest BCUT2D eigenvalue weighted by Gasteiger charge is 2.85. The molecule has 0 bridgehead atoms. The van der Waals surface area contributed by atoms with Crippen molar-refractivity contribution < 1.29 is 44.7 Å². The van der Waals surface area contributed by atoms with Crippen LogP contribution in [-0.2, 0) is 9.59 Å². The van der Waals surface area contributed by atoms with Crippen molar-refractivity contribution in [3.8, 4) is 0 Å². The van der Waals surface area contributed by atoms with E-state index in [1.807, 2.05) is 0 Å². The molecule has 18 heavy (non-hydrogen) atoms. The quantitative estimate of drug-likeness (QED) is 0.588. The van der Waals surface area contributed by atoms with E-state index < -0.39 is 34.2 Å². The third kappa shape index (κ3) is 2.15. The van der Waals surface area contributed by atoms with Gasteiger partial charge in [0, 0.05) is 0 Å². The molecule has 0 aromatic heterocycles. The van der Waals surface area contributed by atoms with Crippen LogP contribution in [0.3, 0.4) is 0 Å². The fourth-order valence-corrected chi connectivity index (χ4v) is 1.10. The Bertz CT molecular complexity index is 378. The Morgan fingerprint density at radius 3 is 1.22 bits per heavy atom. The fourth-order valence-electron chi connectivity index (χ4n) is 0.753. The van der Waals surface area contributed by atoms with Crippen molar-refractivity contribution in [1.82, 2.24) is 0 Å². The van der Waals surface area contributed by atoms with Crippen molar-refractivity contribution in [1.29, 1.82) is 0 Å². The van der Waals surface area contributed by atoms with E-state index in [1.165, 1.54) is 0 Å². The van der Waals surface area contributed by atoms with Crippen molar-refractivity contribution in [3.63, 3.8) is 0 Å². The average Bonchev–Trinajstić information content (AvgIpc) is 2.13. The van der Waals surface area contributed by atoms with Crippen molar-refractivity contribution in [3.05, 3.63) is 0 Å². The van der Waals surface area contributed by atoms with Gasteiger partial charge in [-0.3, -0.25) is 9.59 Å². The number of carbonyl (C=O) groups is 2. The van der Waals surface area contributed by atoms with Gasteiger partial charge < -0.3 is 0 Å². The maximum atomic E-state index is 13.0. The lowest BCUT2D eigenvalue weighted by atomic mass is 9.93. The summed E-state index contributed by atoms with van der Waals surface area (Å²) < 4.78 is 99.6. The molecule has 0 aromatic rings. The zero-order chi connectivity index (χ0) is 15.2. The normalized spacial score (nSPS) is 17.2. The van der Waals surface area contributed by atoms with Crippen LogP contribution in [0, 0.1) is 0 Å². The topological polar surface area (TPSA) is 34.1 Å². The average molecular weight is 327 g/mol. The van der Waals surface area contributed by atoms with Gasteiger partial charge in [-0.15, -0.1) is 0 Å². The Balaban J connectivity index is 6.12. The first kappa shape index (κ1) is 17.4.